The Hall–Kier alpha value is -2.69. The molecule has 1 fully saturated rings. The lowest BCUT2D eigenvalue weighted by molar-refractivity contribution is -0.146. The molecule has 0 radical (unpaired) electrons. The molecule has 0 aromatic carbocycles. The molecule has 2 N–H and O–H groups in total. The number of carboxylic acids is 1. The van der Waals surface area contributed by atoms with E-state index >= 15 is 0 Å². The quantitative estimate of drug-likeness (QED) is 0.778. The molecule has 0 unspecified atom stereocenters. The van der Waals surface area contributed by atoms with E-state index in [0.717, 1.165) is 23.7 Å². The number of rotatable bonds is 2. The van der Waals surface area contributed by atoms with Crippen LogP contribution in [0, 0.1) is 0 Å². The van der Waals surface area contributed by atoms with Crippen molar-refractivity contribution >= 4 is 17.4 Å². The highest BCUT2D eigenvalue weighted by Gasteiger charge is 2.37. The summed E-state index contributed by atoms with van der Waals surface area (Å²) in [4.78, 5) is 11.2. The third-order valence-electron chi connectivity index (χ3n) is 3.12. The molecule has 0 spiro atoms. The number of alkyl halides is 3. The SMILES string of the molecule is C=CC(=O)O.FC(F)(F)c1nnc2ccc(N3CCNCC3)nn12. The van der Waals surface area contributed by atoms with Crippen molar-refractivity contribution in [2.24, 2.45) is 0 Å². The third kappa shape index (κ3) is 4.19. The molecule has 130 valence electrons. The van der Waals surface area contributed by atoms with E-state index in [1.807, 2.05) is 4.90 Å². The Labute approximate surface area is 134 Å². The lowest BCUT2D eigenvalue weighted by atomic mass is 10.3. The Morgan fingerprint density at radius 2 is 1.92 bits per heavy atom. The van der Waals surface area contributed by atoms with Crippen molar-refractivity contribution in [1.82, 2.24) is 25.1 Å². The van der Waals surface area contributed by atoms with E-state index in [2.05, 4.69) is 27.2 Å². The second-order valence-electron chi connectivity index (χ2n) is 4.76. The molecule has 3 heterocycles. The van der Waals surface area contributed by atoms with Gasteiger partial charge in [0, 0.05) is 32.3 Å². The van der Waals surface area contributed by atoms with Crippen LogP contribution in [0.5, 0.6) is 0 Å². The molecular formula is C13H15F3N6O2. The summed E-state index contributed by atoms with van der Waals surface area (Å²) in [5.41, 5.74) is 0.0891. The van der Waals surface area contributed by atoms with Crippen LogP contribution >= 0.6 is 0 Å². The molecule has 0 aliphatic carbocycles. The van der Waals surface area contributed by atoms with E-state index in [1.54, 1.807) is 6.07 Å². The number of anilines is 1. The zero-order valence-corrected chi connectivity index (χ0v) is 12.5. The maximum absolute atomic E-state index is 12.7. The van der Waals surface area contributed by atoms with Gasteiger partial charge in [-0.3, -0.25) is 0 Å². The molecule has 2 aromatic heterocycles. The average Bonchev–Trinajstić information content (AvgIpc) is 2.99. The van der Waals surface area contributed by atoms with Crippen molar-refractivity contribution in [2.45, 2.75) is 6.18 Å². The van der Waals surface area contributed by atoms with E-state index in [4.69, 9.17) is 5.11 Å². The standard InChI is InChI=1S/C10H11F3N6.C3H4O2/c11-10(12,13)9-16-15-7-1-2-8(17-19(7)9)18-5-3-14-4-6-18;1-2-3(4)5/h1-2,14H,3-6H2;2H,1H2,(H,4,5). The Morgan fingerprint density at radius 3 is 2.46 bits per heavy atom. The van der Waals surface area contributed by atoms with E-state index < -0.39 is 18.0 Å². The number of nitrogens with zero attached hydrogens (tertiary/aromatic N) is 5. The van der Waals surface area contributed by atoms with Gasteiger partial charge in [-0.25, -0.2) is 4.79 Å². The number of aromatic nitrogens is 4. The summed E-state index contributed by atoms with van der Waals surface area (Å²) >= 11 is 0. The fourth-order valence-corrected chi connectivity index (χ4v) is 2.02. The van der Waals surface area contributed by atoms with Gasteiger partial charge in [-0.1, -0.05) is 6.58 Å². The first-order valence-electron chi connectivity index (χ1n) is 6.93. The van der Waals surface area contributed by atoms with Crippen LogP contribution in [-0.2, 0) is 11.0 Å². The smallest absolute Gasteiger partial charge is 0.453 e. The summed E-state index contributed by atoms with van der Waals surface area (Å²) in [6, 6.07) is 3.15. The van der Waals surface area contributed by atoms with Crippen molar-refractivity contribution < 1.29 is 23.1 Å². The first-order valence-corrected chi connectivity index (χ1v) is 6.93. The Morgan fingerprint density at radius 1 is 1.29 bits per heavy atom. The maximum Gasteiger partial charge on any atom is 0.453 e. The van der Waals surface area contributed by atoms with Gasteiger partial charge in [0.15, 0.2) is 5.65 Å². The van der Waals surface area contributed by atoms with E-state index in [-0.39, 0.29) is 5.65 Å². The van der Waals surface area contributed by atoms with Crippen molar-refractivity contribution in [3.8, 4) is 0 Å². The molecule has 1 saturated heterocycles. The highest BCUT2D eigenvalue weighted by Crippen LogP contribution is 2.27. The van der Waals surface area contributed by atoms with E-state index in [0.29, 0.717) is 18.9 Å². The summed E-state index contributed by atoms with van der Waals surface area (Å²) in [6.07, 6.45) is -3.73. The number of carbonyl (C=O) groups is 1. The largest absolute Gasteiger partial charge is 0.478 e. The lowest BCUT2D eigenvalue weighted by Gasteiger charge is -2.28. The minimum atomic E-state index is -4.56. The van der Waals surface area contributed by atoms with Crippen LogP contribution in [0.3, 0.4) is 0 Å². The molecule has 0 bridgehead atoms. The normalized spacial score (nSPS) is 14.9. The molecule has 1 aliphatic heterocycles. The van der Waals surface area contributed by atoms with Crippen molar-refractivity contribution in [2.75, 3.05) is 31.1 Å². The Kier molecular flexibility index (Phi) is 5.34. The van der Waals surface area contributed by atoms with Crippen molar-refractivity contribution in [3.63, 3.8) is 0 Å². The molecule has 0 atom stereocenters. The van der Waals surface area contributed by atoms with Gasteiger partial charge in [0.1, 0.15) is 5.82 Å². The fourth-order valence-electron chi connectivity index (χ4n) is 2.02. The zero-order valence-electron chi connectivity index (χ0n) is 12.5. The maximum atomic E-state index is 12.7. The predicted molar refractivity (Wildman–Crippen MR) is 78.7 cm³/mol. The fraction of sp³-hybridized carbons (Fsp3) is 0.385. The van der Waals surface area contributed by atoms with Crippen molar-refractivity contribution in [3.05, 3.63) is 30.6 Å². The molecule has 1 aliphatic rings. The highest BCUT2D eigenvalue weighted by atomic mass is 19.4. The van der Waals surface area contributed by atoms with E-state index in [9.17, 15) is 18.0 Å². The van der Waals surface area contributed by atoms with Crippen LogP contribution in [0.4, 0.5) is 19.0 Å². The predicted octanol–water partition coefficient (Wildman–Crippen LogP) is 0.810. The number of nitrogens with one attached hydrogen (secondary N) is 1. The minimum Gasteiger partial charge on any atom is -0.478 e. The molecule has 0 saturated carbocycles. The monoisotopic (exact) mass is 344 g/mol. The number of carboxylic acid groups (broad SMARTS) is 1. The summed E-state index contributed by atoms with van der Waals surface area (Å²) in [7, 11) is 0. The van der Waals surface area contributed by atoms with Gasteiger partial charge in [0.05, 0.1) is 0 Å². The van der Waals surface area contributed by atoms with E-state index in [1.165, 1.54) is 6.07 Å². The van der Waals surface area contributed by atoms with Crippen molar-refractivity contribution in [1.29, 1.82) is 0 Å². The van der Waals surface area contributed by atoms with Crippen LogP contribution in [0.15, 0.2) is 24.8 Å². The molecule has 2 aromatic rings. The van der Waals surface area contributed by atoms with Gasteiger partial charge < -0.3 is 15.3 Å². The molecular weight excluding hydrogens is 329 g/mol. The average molecular weight is 344 g/mol. The van der Waals surface area contributed by atoms with Gasteiger partial charge in [0.2, 0.25) is 0 Å². The van der Waals surface area contributed by atoms with Gasteiger partial charge in [0.25, 0.3) is 5.82 Å². The van der Waals surface area contributed by atoms with Gasteiger partial charge in [-0.15, -0.1) is 15.3 Å². The summed E-state index contributed by atoms with van der Waals surface area (Å²) in [6.45, 7) is 5.95. The first-order chi connectivity index (χ1) is 11.3. The number of halogens is 3. The van der Waals surface area contributed by atoms with Crippen LogP contribution in [0.25, 0.3) is 5.65 Å². The molecule has 3 rings (SSSR count). The van der Waals surface area contributed by atoms with Crippen LogP contribution in [-0.4, -0.2) is 57.1 Å². The Bertz CT molecular complexity index is 724. The molecule has 0 amide bonds. The topological polar surface area (TPSA) is 95.6 Å². The van der Waals surface area contributed by atoms with Gasteiger partial charge >= 0.3 is 12.1 Å². The first kappa shape index (κ1) is 17.7. The number of piperazine rings is 1. The second kappa shape index (κ2) is 7.25. The number of hydrogen-bond acceptors (Lipinski definition) is 6. The minimum absolute atomic E-state index is 0.0891. The number of fused-ring (bicyclic) bond motifs is 1. The number of hydrogen-bond donors (Lipinski definition) is 2. The highest BCUT2D eigenvalue weighted by molar-refractivity contribution is 5.78. The molecule has 24 heavy (non-hydrogen) atoms. The Balaban J connectivity index is 0.000000368. The van der Waals surface area contributed by atoms with Gasteiger partial charge in [-0.2, -0.15) is 17.7 Å². The van der Waals surface area contributed by atoms with Crippen LogP contribution in [0.1, 0.15) is 5.82 Å². The van der Waals surface area contributed by atoms with Crippen LogP contribution < -0.4 is 10.2 Å². The molecule has 11 heteroatoms. The van der Waals surface area contributed by atoms with Crippen LogP contribution in [0.2, 0.25) is 0 Å². The summed E-state index contributed by atoms with van der Waals surface area (Å²) in [5, 5.41) is 21.4. The second-order valence-corrected chi connectivity index (χ2v) is 4.76. The zero-order chi connectivity index (χ0) is 17.7. The summed E-state index contributed by atoms with van der Waals surface area (Å²) < 4.78 is 39.0. The third-order valence-corrected chi connectivity index (χ3v) is 3.12. The molecule has 8 nitrogen and oxygen atoms in total. The summed E-state index contributed by atoms with van der Waals surface area (Å²) in [5.74, 6) is -1.58. The number of aliphatic carboxylic acids is 1. The van der Waals surface area contributed by atoms with Gasteiger partial charge in [-0.05, 0) is 12.1 Å². The lowest BCUT2D eigenvalue weighted by Crippen LogP contribution is -2.44.